The second-order valence-corrected chi connectivity index (χ2v) is 5.26. The van der Waals surface area contributed by atoms with Crippen LogP contribution in [0.1, 0.15) is 25.8 Å². The molecule has 1 saturated carbocycles. The molecular weight excluding hydrogens is 252 g/mol. The van der Waals surface area contributed by atoms with E-state index in [4.69, 9.17) is 5.73 Å². The van der Waals surface area contributed by atoms with Gasteiger partial charge in [0.15, 0.2) is 0 Å². The molecule has 0 bridgehead atoms. The van der Waals surface area contributed by atoms with E-state index in [2.05, 4.69) is 10.4 Å². The number of hydrogen-bond donors (Lipinski definition) is 2. The van der Waals surface area contributed by atoms with Crippen LogP contribution in [0.3, 0.4) is 0 Å². The molecule has 5 heteroatoms. The average molecular weight is 270 g/mol. The van der Waals surface area contributed by atoms with Gasteiger partial charge in [0.1, 0.15) is 6.04 Å². The standard InChI is InChI=1S/C15H18N4O/c1-10(15(20)18-12-6-7-12)19-9-11(8-17-19)13-4-2-3-5-14(13)16/h2-5,8-10,12H,6-7,16H2,1H3,(H,18,20). The summed E-state index contributed by atoms with van der Waals surface area (Å²) in [4.78, 5) is 12.0. The predicted molar refractivity (Wildman–Crippen MR) is 78.0 cm³/mol. The number of carbonyl (C=O) groups excluding carboxylic acids is 1. The van der Waals surface area contributed by atoms with Crippen molar-refractivity contribution < 1.29 is 4.79 Å². The Hall–Kier alpha value is -2.30. The molecule has 3 N–H and O–H groups in total. The minimum Gasteiger partial charge on any atom is -0.398 e. The zero-order valence-electron chi connectivity index (χ0n) is 11.4. The Kier molecular flexibility index (Phi) is 3.18. The summed E-state index contributed by atoms with van der Waals surface area (Å²) in [5, 5.41) is 7.27. The number of nitrogen functional groups attached to an aromatic ring is 1. The normalized spacial score (nSPS) is 15.8. The largest absolute Gasteiger partial charge is 0.398 e. The summed E-state index contributed by atoms with van der Waals surface area (Å²) < 4.78 is 1.68. The topological polar surface area (TPSA) is 72.9 Å². The highest BCUT2D eigenvalue weighted by molar-refractivity contribution is 5.81. The molecule has 1 amide bonds. The van der Waals surface area contributed by atoms with Gasteiger partial charge in [0.25, 0.3) is 0 Å². The van der Waals surface area contributed by atoms with Crippen LogP contribution in [0.25, 0.3) is 11.1 Å². The molecule has 3 rings (SSSR count). The average Bonchev–Trinajstić information content (AvgIpc) is 3.12. The van der Waals surface area contributed by atoms with E-state index in [9.17, 15) is 4.79 Å². The van der Waals surface area contributed by atoms with Gasteiger partial charge in [-0.15, -0.1) is 0 Å². The second-order valence-electron chi connectivity index (χ2n) is 5.26. The molecule has 1 aromatic heterocycles. The van der Waals surface area contributed by atoms with Crippen molar-refractivity contribution in [2.45, 2.75) is 31.8 Å². The van der Waals surface area contributed by atoms with Crippen molar-refractivity contribution in [2.75, 3.05) is 5.73 Å². The van der Waals surface area contributed by atoms with Crippen LogP contribution in [-0.4, -0.2) is 21.7 Å². The monoisotopic (exact) mass is 270 g/mol. The number of para-hydroxylation sites is 1. The Morgan fingerprint density at radius 2 is 2.20 bits per heavy atom. The van der Waals surface area contributed by atoms with Gasteiger partial charge in [-0.05, 0) is 25.8 Å². The van der Waals surface area contributed by atoms with Gasteiger partial charge in [-0.1, -0.05) is 18.2 Å². The third-order valence-electron chi connectivity index (χ3n) is 3.57. The molecule has 0 saturated heterocycles. The van der Waals surface area contributed by atoms with Crippen LogP contribution < -0.4 is 11.1 Å². The SMILES string of the molecule is CC(C(=O)NC1CC1)n1cc(-c2ccccc2N)cn1. The molecule has 1 aliphatic rings. The van der Waals surface area contributed by atoms with Crippen molar-refractivity contribution in [3.63, 3.8) is 0 Å². The fraction of sp³-hybridized carbons (Fsp3) is 0.333. The first-order chi connectivity index (χ1) is 9.65. The van der Waals surface area contributed by atoms with Gasteiger partial charge < -0.3 is 11.1 Å². The van der Waals surface area contributed by atoms with Crippen LogP contribution in [0.15, 0.2) is 36.7 Å². The van der Waals surface area contributed by atoms with Crippen LogP contribution in [-0.2, 0) is 4.79 Å². The number of benzene rings is 1. The fourth-order valence-corrected chi connectivity index (χ4v) is 2.12. The molecule has 1 atom stereocenters. The first kappa shape index (κ1) is 12.7. The molecule has 0 spiro atoms. The molecule has 2 aromatic rings. The maximum atomic E-state index is 12.0. The van der Waals surface area contributed by atoms with E-state index < -0.39 is 0 Å². The molecule has 0 aliphatic heterocycles. The highest BCUT2D eigenvalue weighted by atomic mass is 16.2. The van der Waals surface area contributed by atoms with Crippen molar-refractivity contribution in [2.24, 2.45) is 0 Å². The molecule has 1 aliphatic carbocycles. The maximum absolute atomic E-state index is 12.0. The number of hydrogen-bond acceptors (Lipinski definition) is 3. The third-order valence-corrected chi connectivity index (χ3v) is 3.57. The van der Waals surface area contributed by atoms with Crippen molar-refractivity contribution in [3.05, 3.63) is 36.7 Å². The second kappa shape index (κ2) is 5.00. The summed E-state index contributed by atoms with van der Waals surface area (Å²) in [7, 11) is 0. The van der Waals surface area contributed by atoms with Gasteiger partial charge in [-0.2, -0.15) is 5.10 Å². The lowest BCUT2D eigenvalue weighted by Gasteiger charge is -2.12. The first-order valence-electron chi connectivity index (χ1n) is 6.84. The van der Waals surface area contributed by atoms with E-state index in [0.717, 1.165) is 24.0 Å². The summed E-state index contributed by atoms with van der Waals surface area (Å²) in [6, 6.07) is 7.70. The fourth-order valence-electron chi connectivity index (χ4n) is 2.12. The number of nitrogens with zero attached hydrogens (tertiary/aromatic N) is 2. The zero-order chi connectivity index (χ0) is 14.1. The van der Waals surface area contributed by atoms with Crippen LogP contribution in [0.5, 0.6) is 0 Å². The molecule has 1 unspecified atom stereocenters. The molecule has 1 aromatic carbocycles. The van der Waals surface area contributed by atoms with Gasteiger partial charge in [-0.3, -0.25) is 9.48 Å². The summed E-state index contributed by atoms with van der Waals surface area (Å²) in [6.45, 7) is 1.85. The van der Waals surface area contributed by atoms with E-state index in [1.165, 1.54) is 0 Å². The Balaban J connectivity index is 1.79. The molecular formula is C15H18N4O. The quantitative estimate of drug-likeness (QED) is 0.834. The van der Waals surface area contributed by atoms with Gasteiger partial charge in [0, 0.05) is 29.1 Å². The summed E-state index contributed by atoms with van der Waals surface area (Å²) >= 11 is 0. The molecule has 0 radical (unpaired) electrons. The van der Waals surface area contributed by atoms with Crippen LogP contribution in [0.4, 0.5) is 5.69 Å². The van der Waals surface area contributed by atoms with Crippen molar-refractivity contribution in [1.29, 1.82) is 0 Å². The molecule has 1 fully saturated rings. The first-order valence-corrected chi connectivity index (χ1v) is 6.84. The lowest BCUT2D eigenvalue weighted by atomic mass is 10.1. The molecule has 104 valence electrons. The predicted octanol–water partition coefficient (Wildman–Crippen LogP) is 1.97. The van der Waals surface area contributed by atoms with E-state index >= 15 is 0 Å². The minimum atomic E-state index is -0.311. The van der Waals surface area contributed by atoms with Gasteiger partial charge in [0.2, 0.25) is 5.91 Å². The minimum absolute atomic E-state index is 0.0168. The number of anilines is 1. The highest BCUT2D eigenvalue weighted by Crippen LogP contribution is 2.26. The molecule has 1 heterocycles. The third kappa shape index (κ3) is 2.52. The zero-order valence-corrected chi connectivity index (χ0v) is 11.4. The van der Waals surface area contributed by atoms with Crippen molar-refractivity contribution >= 4 is 11.6 Å². The summed E-state index contributed by atoms with van der Waals surface area (Å²) in [5.41, 5.74) is 8.53. The van der Waals surface area contributed by atoms with Gasteiger partial charge in [-0.25, -0.2) is 0 Å². The van der Waals surface area contributed by atoms with Crippen LogP contribution in [0.2, 0.25) is 0 Å². The molecule has 20 heavy (non-hydrogen) atoms. The Morgan fingerprint density at radius 1 is 1.45 bits per heavy atom. The number of carbonyl (C=O) groups is 1. The number of rotatable bonds is 4. The Labute approximate surface area is 117 Å². The Bertz CT molecular complexity index is 630. The van der Waals surface area contributed by atoms with Crippen molar-refractivity contribution in [1.82, 2.24) is 15.1 Å². The summed E-state index contributed by atoms with van der Waals surface area (Å²) in [5.74, 6) is 0.0168. The highest BCUT2D eigenvalue weighted by Gasteiger charge is 2.26. The van der Waals surface area contributed by atoms with Crippen LogP contribution >= 0.6 is 0 Å². The maximum Gasteiger partial charge on any atom is 0.244 e. The van der Waals surface area contributed by atoms with Gasteiger partial charge >= 0.3 is 0 Å². The number of nitrogens with one attached hydrogen (secondary N) is 1. The number of aromatic nitrogens is 2. The Morgan fingerprint density at radius 3 is 2.90 bits per heavy atom. The lowest BCUT2D eigenvalue weighted by Crippen LogP contribution is -2.32. The van der Waals surface area contributed by atoms with E-state index in [-0.39, 0.29) is 11.9 Å². The van der Waals surface area contributed by atoms with Crippen molar-refractivity contribution in [3.8, 4) is 11.1 Å². The van der Waals surface area contributed by atoms with E-state index in [0.29, 0.717) is 11.7 Å². The molecule has 5 nitrogen and oxygen atoms in total. The van der Waals surface area contributed by atoms with Gasteiger partial charge in [0.05, 0.1) is 6.20 Å². The summed E-state index contributed by atoms with van der Waals surface area (Å²) in [6.07, 6.45) is 5.78. The van der Waals surface area contributed by atoms with E-state index in [1.54, 1.807) is 10.9 Å². The van der Waals surface area contributed by atoms with E-state index in [1.807, 2.05) is 37.4 Å². The number of nitrogens with two attached hydrogens (primary N) is 1. The lowest BCUT2D eigenvalue weighted by molar-refractivity contribution is -0.124. The smallest absolute Gasteiger partial charge is 0.244 e. The number of amides is 1. The van der Waals surface area contributed by atoms with Crippen LogP contribution in [0, 0.1) is 0 Å².